The molecule has 1 N–H and O–H groups in total. The van der Waals surface area contributed by atoms with E-state index in [1.54, 1.807) is 24.3 Å². The fourth-order valence-electron chi connectivity index (χ4n) is 2.21. The third kappa shape index (κ3) is 2.08. The predicted octanol–water partition coefficient (Wildman–Crippen LogP) is 3.63. The second kappa shape index (κ2) is 4.89. The Kier molecular flexibility index (Phi) is 3.17. The van der Waals surface area contributed by atoms with Crippen LogP contribution in [-0.2, 0) is 0 Å². The molecule has 1 aromatic heterocycles. The zero-order valence-corrected chi connectivity index (χ0v) is 11.8. The van der Waals surface area contributed by atoms with Gasteiger partial charge in [0.2, 0.25) is 0 Å². The highest BCUT2D eigenvalue weighted by Crippen LogP contribution is 2.20. The molecule has 2 aromatic carbocycles. The first kappa shape index (κ1) is 13.6. The van der Waals surface area contributed by atoms with Crippen LogP contribution in [0, 0.1) is 23.3 Å². The molecule has 106 valence electrons. The van der Waals surface area contributed by atoms with Crippen molar-refractivity contribution in [2.75, 3.05) is 0 Å². The van der Waals surface area contributed by atoms with Crippen molar-refractivity contribution in [1.29, 1.82) is 0 Å². The molecule has 0 aliphatic rings. The van der Waals surface area contributed by atoms with E-state index in [1.807, 2.05) is 0 Å². The quantitative estimate of drug-likeness (QED) is 0.697. The van der Waals surface area contributed by atoms with Crippen LogP contribution in [0.1, 0.15) is 5.56 Å². The molecular weight excluding hydrogens is 294 g/mol. The largest absolute Gasteiger partial charge is 0.331 e. The lowest BCUT2D eigenvalue weighted by molar-refractivity contribution is 0.559. The summed E-state index contributed by atoms with van der Waals surface area (Å²) < 4.78 is 29.1. The van der Waals surface area contributed by atoms with Crippen molar-refractivity contribution in [2.45, 2.75) is 6.92 Å². The van der Waals surface area contributed by atoms with Crippen molar-refractivity contribution in [2.24, 2.45) is 0 Å². The Hall–Kier alpha value is -2.34. The maximum Gasteiger partial charge on any atom is 0.266 e. The highest BCUT2D eigenvalue weighted by Gasteiger charge is 2.17. The van der Waals surface area contributed by atoms with Gasteiger partial charge in [0, 0.05) is 0 Å². The number of H-pyrrole nitrogens is 1. The van der Waals surface area contributed by atoms with Crippen molar-refractivity contribution in [3.05, 3.63) is 68.7 Å². The van der Waals surface area contributed by atoms with Crippen LogP contribution in [-0.4, -0.2) is 9.55 Å². The summed E-state index contributed by atoms with van der Waals surface area (Å²) in [5.74, 6) is -1.64. The van der Waals surface area contributed by atoms with Gasteiger partial charge in [-0.05, 0) is 42.9 Å². The second-order valence-corrected chi connectivity index (χ2v) is 5.03. The minimum absolute atomic E-state index is 0.0536. The Morgan fingerprint density at radius 2 is 1.86 bits per heavy atom. The highest BCUT2D eigenvalue weighted by atomic mass is 32.1. The van der Waals surface area contributed by atoms with Crippen LogP contribution in [0.3, 0.4) is 0 Å². The van der Waals surface area contributed by atoms with Gasteiger partial charge in [-0.2, -0.15) is 0 Å². The summed E-state index contributed by atoms with van der Waals surface area (Å²) in [5, 5.41) is 0.311. The number of halogens is 2. The Labute approximate surface area is 123 Å². The average molecular weight is 304 g/mol. The van der Waals surface area contributed by atoms with E-state index < -0.39 is 22.9 Å². The molecule has 0 radical (unpaired) electrons. The molecule has 0 saturated heterocycles. The normalized spacial score (nSPS) is 11.0. The van der Waals surface area contributed by atoms with Crippen LogP contribution in [0.5, 0.6) is 0 Å². The summed E-state index contributed by atoms with van der Waals surface area (Å²) in [6.07, 6.45) is 0. The van der Waals surface area contributed by atoms with Crippen LogP contribution < -0.4 is 5.56 Å². The average Bonchev–Trinajstić information content (AvgIpc) is 2.46. The number of para-hydroxylation sites is 1. The van der Waals surface area contributed by atoms with E-state index >= 15 is 0 Å². The number of nitrogens with zero attached hydrogens (tertiary/aromatic N) is 1. The SMILES string of the molecule is Cc1ccc(F)c(-n2c(=S)[nH]c3ccccc3c2=O)c1F. The lowest BCUT2D eigenvalue weighted by atomic mass is 10.2. The summed E-state index contributed by atoms with van der Waals surface area (Å²) >= 11 is 5.09. The number of aromatic nitrogens is 2. The van der Waals surface area contributed by atoms with Crippen LogP contribution in [0.4, 0.5) is 8.78 Å². The maximum absolute atomic E-state index is 14.2. The molecule has 0 saturated carbocycles. The molecule has 0 fully saturated rings. The summed E-state index contributed by atoms with van der Waals surface area (Å²) in [6.45, 7) is 1.50. The Bertz CT molecular complexity index is 976. The molecule has 0 atom stereocenters. The lowest BCUT2D eigenvalue weighted by Gasteiger charge is -2.11. The molecule has 6 heteroatoms. The van der Waals surface area contributed by atoms with Gasteiger partial charge in [0.05, 0.1) is 10.9 Å². The van der Waals surface area contributed by atoms with E-state index in [9.17, 15) is 13.6 Å². The number of aromatic amines is 1. The van der Waals surface area contributed by atoms with Gasteiger partial charge in [-0.25, -0.2) is 13.3 Å². The number of hydrogen-bond acceptors (Lipinski definition) is 2. The van der Waals surface area contributed by atoms with Gasteiger partial charge in [-0.3, -0.25) is 4.79 Å². The summed E-state index contributed by atoms with van der Waals surface area (Å²) in [6, 6.07) is 9.10. The van der Waals surface area contributed by atoms with Crippen LogP contribution in [0.2, 0.25) is 0 Å². The Balaban J connectivity index is 2.50. The van der Waals surface area contributed by atoms with E-state index in [0.29, 0.717) is 10.9 Å². The monoisotopic (exact) mass is 304 g/mol. The summed E-state index contributed by atoms with van der Waals surface area (Å²) in [4.78, 5) is 15.3. The zero-order chi connectivity index (χ0) is 15.1. The van der Waals surface area contributed by atoms with E-state index in [4.69, 9.17) is 12.2 Å². The minimum atomic E-state index is -0.838. The van der Waals surface area contributed by atoms with Gasteiger partial charge in [-0.1, -0.05) is 18.2 Å². The molecule has 3 rings (SSSR count). The topological polar surface area (TPSA) is 37.8 Å². The van der Waals surface area contributed by atoms with E-state index in [1.165, 1.54) is 13.0 Å². The van der Waals surface area contributed by atoms with Crippen LogP contribution >= 0.6 is 12.2 Å². The van der Waals surface area contributed by atoms with E-state index in [-0.39, 0.29) is 10.3 Å². The molecule has 0 aliphatic heterocycles. The van der Waals surface area contributed by atoms with Crippen molar-refractivity contribution >= 4 is 23.1 Å². The molecule has 1 heterocycles. The van der Waals surface area contributed by atoms with Gasteiger partial charge >= 0.3 is 0 Å². The smallest absolute Gasteiger partial charge is 0.266 e. The number of benzene rings is 2. The molecule has 3 aromatic rings. The molecule has 21 heavy (non-hydrogen) atoms. The first-order valence-corrected chi connectivity index (χ1v) is 6.60. The summed E-state index contributed by atoms with van der Waals surface area (Å²) in [7, 11) is 0. The fourth-order valence-corrected chi connectivity index (χ4v) is 2.50. The van der Waals surface area contributed by atoms with Gasteiger partial charge in [-0.15, -0.1) is 0 Å². The predicted molar refractivity (Wildman–Crippen MR) is 79.4 cm³/mol. The molecule has 0 bridgehead atoms. The molecule has 3 nitrogen and oxygen atoms in total. The van der Waals surface area contributed by atoms with Crippen molar-refractivity contribution in [1.82, 2.24) is 9.55 Å². The first-order chi connectivity index (χ1) is 10.0. The number of hydrogen-bond donors (Lipinski definition) is 1. The van der Waals surface area contributed by atoms with E-state index in [2.05, 4.69) is 4.98 Å². The maximum atomic E-state index is 14.2. The van der Waals surface area contributed by atoms with E-state index in [0.717, 1.165) is 10.6 Å². The van der Waals surface area contributed by atoms with Gasteiger partial charge in [0.15, 0.2) is 10.6 Å². The third-order valence-electron chi connectivity index (χ3n) is 3.29. The second-order valence-electron chi connectivity index (χ2n) is 4.64. The molecule has 0 amide bonds. The van der Waals surface area contributed by atoms with Crippen molar-refractivity contribution in [3.8, 4) is 5.69 Å². The van der Waals surface area contributed by atoms with Crippen LogP contribution in [0.25, 0.3) is 16.6 Å². The zero-order valence-electron chi connectivity index (χ0n) is 11.0. The van der Waals surface area contributed by atoms with Gasteiger partial charge in [0.25, 0.3) is 5.56 Å². The molecule has 0 spiro atoms. The van der Waals surface area contributed by atoms with Gasteiger partial charge in [0.1, 0.15) is 11.5 Å². The van der Waals surface area contributed by atoms with Gasteiger partial charge < -0.3 is 4.98 Å². The molecule has 0 unspecified atom stereocenters. The molecular formula is C15H10F2N2OS. The Morgan fingerprint density at radius 1 is 1.14 bits per heavy atom. The summed E-state index contributed by atoms with van der Waals surface area (Å²) in [5.41, 5.74) is -0.247. The number of nitrogens with one attached hydrogen (secondary N) is 1. The minimum Gasteiger partial charge on any atom is -0.331 e. The number of rotatable bonds is 1. The van der Waals surface area contributed by atoms with Crippen molar-refractivity contribution in [3.63, 3.8) is 0 Å². The first-order valence-electron chi connectivity index (χ1n) is 6.20. The Morgan fingerprint density at radius 3 is 2.62 bits per heavy atom. The number of aryl methyl sites for hydroxylation is 1. The fraction of sp³-hybridized carbons (Fsp3) is 0.0667. The van der Waals surface area contributed by atoms with Crippen molar-refractivity contribution < 1.29 is 8.78 Å². The third-order valence-corrected chi connectivity index (χ3v) is 3.57. The lowest BCUT2D eigenvalue weighted by Crippen LogP contribution is -2.22. The standard InChI is InChI=1S/C15H10F2N2OS/c1-8-6-7-10(16)13(12(8)17)19-14(20)9-4-2-3-5-11(9)18-15(19)21/h2-7H,1H3,(H,18,21). The molecule has 0 aliphatic carbocycles. The van der Waals surface area contributed by atoms with Crippen LogP contribution in [0.15, 0.2) is 41.2 Å². The highest BCUT2D eigenvalue weighted by molar-refractivity contribution is 7.71. The number of fused-ring (bicyclic) bond motifs is 1.